The summed E-state index contributed by atoms with van der Waals surface area (Å²) in [6, 6.07) is 14.6. The highest BCUT2D eigenvalue weighted by molar-refractivity contribution is 7.92. The maximum Gasteiger partial charge on any atom is 0.261 e. The summed E-state index contributed by atoms with van der Waals surface area (Å²) in [7, 11) is -3.64. The van der Waals surface area contributed by atoms with Crippen molar-refractivity contribution < 1.29 is 8.42 Å². The Kier molecular flexibility index (Phi) is 4.89. The van der Waals surface area contributed by atoms with Gasteiger partial charge in [-0.05, 0) is 77.6 Å². The van der Waals surface area contributed by atoms with Crippen molar-refractivity contribution in [3.8, 4) is 11.4 Å². The lowest BCUT2D eigenvalue weighted by Gasteiger charge is -2.12. The molecule has 0 aliphatic heterocycles. The first-order valence-corrected chi connectivity index (χ1v) is 11.0. The van der Waals surface area contributed by atoms with Crippen LogP contribution in [0.15, 0.2) is 53.4 Å². The minimum Gasteiger partial charge on any atom is -0.280 e. The maximum atomic E-state index is 12.7. The first kappa shape index (κ1) is 18.6. The van der Waals surface area contributed by atoms with Crippen molar-refractivity contribution in [2.75, 3.05) is 4.72 Å². The number of rotatable bonds is 7. The van der Waals surface area contributed by atoms with Crippen LogP contribution in [0, 0.1) is 0 Å². The maximum absolute atomic E-state index is 12.7. The van der Waals surface area contributed by atoms with E-state index in [1.807, 2.05) is 28.9 Å². The molecule has 146 valence electrons. The number of anilines is 1. The summed E-state index contributed by atoms with van der Waals surface area (Å²) in [6.07, 6.45) is 3.19. The molecule has 1 N–H and O–H groups in total. The molecule has 0 amide bonds. The van der Waals surface area contributed by atoms with Gasteiger partial charge in [0.15, 0.2) is 5.82 Å². The van der Waals surface area contributed by atoms with E-state index in [2.05, 4.69) is 34.1 Å². The van der Waals surface area contributed by atoms with Crippen LogP contribution in [-0.2, 0) is 10.0 Å². The third kappa shape index (κ3) is 3.77. The highest BCUT2D eigenvalue weighted by atomic mass is 32.2. The SMILES string of the molecule is CCC(C)c1ccc(S(=O)(=O)Nc2ccc(-c3nnnn3C3CC3)cc2)cc1. The second-order valence-electron chi connectivity index (χ2n) is 7.24. The zero-order valence-electron chi connectivity index (χ0n) is 15.9. The fourth-order valence-corrected chi connectivity index (χ4v) is 4.12. The largest absolute Gasteiger partial charge is 0.280 e. The molecule has 1 fully saturated rings. The molecule has 0 spiro atoms. The summed E-state index contributed by atoms with van der Waals surface area (Å²) in [5, 5.41) is 11.9. The second-order valence-corrected chi connectivity index (χ2v) is 8.92. The van der Waals surface area contributed by atoms with Crippen molar-refractivity contribution in [3.63, 3.8) is 0 Å². The molecule has 2 aromatic carbocycles. The molecule has 1 aliphatic rings. The molecule has 3 aromatic rings. The van der Waals surface area contributed by atoms with Gasteiger partial charge in [0.2, 0.25) is 0 Å². The lowest BCUT2D eigenvalue weighted by molar-refractivity contribution is 0.601. The van der Waals surface area contributed by atoms with E-state index in [1.54, 1.807) is 24.3 Å². The fraction of sp³-hybridized carbons (Fsp3) is 0.350. The van der Waals surface area contributed by atoms with Gasteiger partial charge in [-0.15, -0.1) is 5.10 Å². The Morgan fingerprint density at radius 3 is 2.39 bits per heavy atom. The molecular weight excluding hydrogens is 374 g/mol. The smallest absolute Gasteiger partial charge is 0.261 e. The first-order chi connectivity index (χ1) is 13.5. The number of hydrogen-bond donors (Lipinski definition) is 1. The summed E-state index contributed by atoms with van der Waals surface area (Å²) in [5.41, 5.74) is 2.50. The molecule has 1 unspecified atom stereocenters. The monoisotopic (exact) mass is 397 g/mol. The van der Waals surface area contributed by atoms with Crippen LogP contribution in [0.25, 0.3) is 11.4 Å². The number of sulfonamides is 1. The zero-order chi connectivity index (χ0) is 19.7. The normalized spacial score (nSPS) is 15.4. The van der Waals surface area contributed by atoms with Crippen LogP contribution in [0.1, 0.15) is 50.6 Å². The molecule has 0 bridgehead atoms. The van der Waals surface area contributed by atoms with Crippen molar-refractivity contribution in [1.82, 2.24) is 20.2 Å². The number of nitrogens with zero attached hydrogens (tertiary/aromatic N) is 4. The Hall–Kier alpha value is -2.74. The average Bonchev–Trinajstić information content (AvgIpc) is 3.44. The summed E-state index contributed by atoms with van der Waals surface area (Å²) in [5.74, 6) is 1.11. The van der Waals surface area contributed by atoms with Gasteiger partial charge in [-0.3, -0.25) is 4.72 Å². The van der Waals surface area contributed by atoms with Crippen LogP contribution in [0.4, 0.5) is 5.69 Å². The van der Waals surface area contributed by atoms with E-state index in [-0.39, 0.29) is 4.90 Å². The van der Waals surface area contributed by atoms with Crippen molar-refractivity contribution in [3.05, 3.63) is 54.1 Å². The Morgan fingerprint density at radius 1 is 1.11 bits per heavy atom. The van der Waals surface area contributed by atoms with Crippen LogP contribution in [-0.4, -0.2) is 28.6 Å². The molecule has 0 saturated heterocycles. The number of hydrogen-bond acceptors (Lipinski definition) is 5. The molecule has 1 aliphatic carbocycles. The van der Waals surface area contributed by atoms with Crippen LogP contribution in [0.5, 0.6) is 0 Å². The van der Waals surface area contributed by atoms with E-state index in [0.29, 0.717) is 23.5 Å². The van der Waals surface area contributed by atoms with E-state index in [9.17, 15) is 8.42 Å². The van der Waals surface area contributed by atoms with Gasteiger partial charge >= 0.3 is 0 Å². The number of benzene rings is 2. The Bertz CT molecular complexity index is 1050. The van der Waals surface area contributed by atoms with Gasteiger partial charge in [0, 0.05) is 11.3 Å². The molecule has 28 heavy (non-hydrogen) atoms. The van der Waals surface area contributed by atoms with E-state index in [1.165, 1.54) is 0 Å². The zero-order valence-corrected chi connectivity index (χ0v) is 16.7. The standard InChI is InChI=1S/C20H23N5O2S/c1-3-14(2)15-6-12-19(13-7-15)28(26,27)22-17-8-4-16(5-9-17)20-21-23-24-25(20)18-10-11-18/h4-9,12-14,18,22H,3,10-11H2,1-2H3. The number of aromatic nitrogens is 4. The van der Waals surface area contributed by atoms with Crippen LogP contribution < -0.4 is 4.72 Å². The Balaban J connectivity index is 1.51. The third-order valence-corrected chi connectivity index (χ3v) is 6.55. The van der Waals surface area contributed by atoms with Crippen LogP contribution in [0.3, 0.4) is 0 Å². The van der Waals surface area contributed by atoms with E-state index in [0.717, 1.165) is 30.4 Å². The van der Waals surface area contributed by atoms with Crippen molar-refractivity contribution in [2.45, 2.75) is 50.0 Å². The summed E-state index contributed by atoms with van der Waals surface area (Å²) in [4.78, 5) is 0.251. The topological polar surface area (TPSA) is 89.8 Å². The van der Waals surface area contributed by atoms with Crippen LogP contribution in [0.2, 0.25) is 0 Å². The van der Waals surface area contributed by atoms with Gasteiger partial charge < -0.3 is 0 Å². The molecule has 1 atom stereocenters. The molecule has 1 heterocycles. The Labute approximate surface area is 164 Å². The molecule has 8 heteroatoms. The summed E-state index contributed by atoms with van der Waals surface area (Å²) >= 11 is 0. The van der Waals surface area contributed by atoms with Gasteiger partial charge in [-0.1, -0.05) is 26.0 Å². The third-order valence-electron chi connectivity index (χ3n) is 5.15. The summed E-state index contributed by atoms with van der Waals surface area (Å²) in [6.45, 7) is 4.24. The molecule has 0 radical (unpaired) electrons. The number of nitrogens with one attached hydrogen (secondary N) is 1. The van der Waals surface area contributed by atoms with E-state index < -0.39 is 10.0 Å². The highest BCUT2D eigenvalue weighted by Crippen LogP contribution is 2.36. The average molecular weight is 398 g/mol. The fourth-order valence-electron chi connectivity index (χ4n) is 3.06. The van der Waals surface area contributed by atoms with Crippen LogP contribution >= 0.6 is 0 Å². The minimum atomic E-state index is -3.64. The molecule has 1 saturated carbocycles. The predicted octanol–water partition coefficient (Wildman–Crippen LogP) is 3.99. The first-order valence-electron chi connectivity index (χ1n) is 9.49. The van der Waals surface area contributed by atoms with Gasteiger partial charge in [0.25, 0.3) is 10.0 Å². The van der Waals surface area contributed by atoms with Crippen molar-refractivity contribution >= 4 is 15.7 Å². The van der Waals surface area contributed by atoms with Gasteiger partial charge in [-0.2, -0.15) is 0 Å². The van der Waals surface area contributed by atoms with Gasteiger partial charge in [-0.25, -0.2) is 13.1 Å². The molecule has 7 nitrogen and oxygen atoms in total. The molecule has 1 aromatic heterocycles. The lowest BCUT2D eigenvalue weighted by atomic mass is 9.99. The van der Waals surface area contributed by atoms with Gasteiger partial charge in [0.05, 0.1) is 10.9 Å². The predicted molar refractivity (Wildman–Crippen MR) is 107 cm³/mol. The van der Waals surface area contributed by atoms with E-state index in [4.69, 9.17) is 0 Å². The van der Waals surface area contributed by atoms with Gasteiger partial charge in [0.1, 0.15) is 0 Å². The lowest BCUT2D eigenvalue weighted by Crippen LogP contribution is -2.13. The van der Waals surface area contributed by atoms with Crippen molar-refractivity contribution in [2.24, 2.45) is 0 Å². The quantitative estimate of drug-likeness (QED) is 0.651. The second kappa shape index (κ2) is 7.35. The molecular formula is C20H23N5O2S. The summed E-state index contributed by atoms with van der Waals surface area (Å²) < 4.78 is 29.8. The number of tetrazole rings is 1. The minimum absolute atomic E-state index is 0.251. The molecule has 4 rings (SSSR count). The highest BCUT2D eigenvalue weighted by Gasteiger charge is 2.28. The van der Waals surface area contributed by atoms with E-state index >= 15 is 0 Å². The van der Waals surface area contributed by atoms with Crippen molar-refractivity contribution in [1.29, 1.82) is 0 Å². The Morgan fingerprint density at radius 2 is 1.79 bits per heavy atom.